The molecule has 1 aliphatic rings. The molecule has 3 rings (SSSR count). The molecule has 0 aliphatic carbocycles. The summed E-state index contributed by atoms with van der Waals surface area (Å²) in [4.78, 5) is 35.2. The second-order valence-electron chi connectivity index (χ2n) is 6.13. The maximum Gasteiger partial charge on any atom is 0.262 e. The van der Waals surface area contributed by atoms with Crippen molar-refractivity contribution in [1.29, 1.82) is 0 Å². The molecular weight excluding hydrogens is 324 g/mol. The average molecular weight is 346 g/mol. The monoisotopic (exact) mass is 346 g/mol. The third-order valence-electron chi connectivity index (χ3n) is 4.38. The van der Waals surface area contributed by atoms with Crippen molar-refractivity contribution in [2.45, 2.75) is 52.5 Å². The molecule has 2 aromatic rings. The first-order chi connectivity index (χ1) is 11.5. The van der Waals surface area contributed by atoms with Crippen molar-refractivity contribution >= 4 is 33.4 Å². The summed E-state index contributed by atoms with van der Waals surface area (Å²) in [5.74, 6) is 0.496. The van der Waals surface area contributed by atoms with Gasteiger partial charge < -0.3 is 10.6 Å². The lowest BCUT2D eigenvalue weighted by Gasteiger charge is -2.14. The van der Waals surface area contributed by atoms with Crippen LogP contribution in [-0.2, 0) is 11.2 Å². The van der Waals surface area contributed by atoms with E-state index in [1.54, 1.807) is 0 Å². The smallest absolute Gasteiger partial charge is 0.262 e. The summed E-state index contributed by atoms with van der Waals surface area (Å²) in [5.41, 5.74) is 1.79. The number of aromatic nitrogens is 2. The molecule has 24 heavy (non-hydrogen) atoms. The predicted molar refractivity (Wildman–Crippen MR) is 94.4 cm³/mol. The Morgan fingerprint density at radius 2 is 2.12 bits per heavy atom. The number of carbonyl (C=O) groups excluding carboxylic acids is 2. The summed E-state index contributed by atoms with van der Waals surface area (Å²) in [6, 6.07) is -0.456. The summed E-state index contributed by atoms with van der Waals surface area (Å²) in [7, 11) is 0. The Morgan fingerprint density at radius 1 is 1.33 bits per heavy atom. The third-order valence-corrected chi connectivity index (χ3v) is 5.56. The van der Waals surface area contributed by atoms with Gasteiger partial charge in [0, 0.05) is 24.0 Å². The molecule has 0 bridgehead atoms. The largest absolute Gasteiger partial charge is 0.354 e. The van der Waals surface area contributed by atoms with E-state index in [0.717, 1.165) is 46.6 Å². The highest BCUT2D eigenvalue weighted by molar-refractivity contribution is 7.20. The minimum Gasteiger partial charge on any atom is -0.354 e. The van der Waals surface area contributed by atoms with Crippen molar-refractivity contribution in [3.05, 3.63) is 22.0 Å². The van der Waals surface area contributed by atoms with Crippen LogP contribution in [0.1, 0.15) is 52.9 Å². The number of fused-ring (bicyclic) bond motifs is 1. The summed E-state index contributed by atoms with van der Waals surface area (Å²) < 4.78 is 0. The molecule has 0 unspecified atom stereocenters. The second kappa shape index (κ2) is 6.84. The highest BCUT2D eigenvalue weighted by Gasteiger charge is 2.25. The number of hydrogen-bond acceptors (Lipinski definition) is 5. The molecule has 1 fully saturated rings. The normalized spacial score (nSPS) is 18.3. The molecule has 0 spiro atoms. The van der Waals surface area contributed by atoms with Crippen LogP contribution in [0.25, 0.3) is 10.2 Å². The van der Waals surface area contributed by atoms with Crippen molar-refractivity contribution < 1.29 is 9.59 Å². The SMILES string of the molecule is CCc1nc(C)c2c(C)c(C(=O)N[C@H]3CCCCNC3=O)sc2n1. The molecule has 0 aromatic carbocycles. The van der Waals surface area contributed by atoms with Crippen LogP contribution in [-0.4, -0.2) is 34.4 Å². The van der Waals surface area contributed by atoms with E-state index >= 15 is 0 Å². The molecule has 1 saturated heterocycles. The van der Waals surface area contributed by atoms with E-state index in [4.69, 9.17) is 0 Å². The van der Waals surface area contributed by atoms with Gasteiger partial charge in [0.15, 0.2) is 0 Å². The lowest BCUT2D eigenvalue weighted by Crippen LogP contribution is -2.45. The Bertz CT molecular complexity index is 799. The van der Waals surface area contributed by atoms with Gasteiger partial charge in [0.25, 0.3) is 5.91 Å². The van der Waals surface area contributed by atoms with Crippen LogP contribution in [0.15, 0.2) is 0 Å². The van der Waals surface area contributed by atoms with Crippen LogP contribution < -0.4 is 10.6 Å². The fourth-order valence-electron chi connectivity index (χ4n) is 3.07. The molecule has 1 aliphatic heterocycles. The van der Waals surface area contributed by atoms with E-state index in [0.29, 0.717) is 17.8 Å². The van der Waals surface area contributed by atoms with Crippen LogP contribution >= 0.6 is 11.3 Å². The van der Waals surface area contributed by atoms with Gasteiger partial charge in [-0.25, -0.2) is 9.97 Å². The second-order valence-corrected chi connectivity index (χ2v) is 7.13. The van der Waals surface area contributed by atoms with E-state index in [9.17, 15) is 9.59 Å². The Kier molecular flexibility index (Phi) is 4.80. The lowest BCUT2D eigenvalue weighted by atomic mass is 10.1. The van der Waals surface area contributed by atoms with E-state index in [-0.39, 0.29) is 11.8 Å². The van der Waals surface area contributed by atoms with E-state index in [1.807, 2.05) is 20.8 Å². The molecule has 7 heteroatoms. The molecule has 0 saturated carbocycles. The maximum absolute atomic E-state index is 12.7. The summed E-state index contributed by atoms with van der Waals surface area (Å²) in [6.07, 6.45) is 3.33. The van der Waals surface area contributed by atoms with Gasteiger partial charge in [-0.2, -0.15) is 0 Å². The number of nitrogens with one attached hydrogen (secondary N) is 2. The first-order valence-electron chi connectivity index (χ1n) is 8.36. The standard InChI is InChI=1S/C17H22N4O2S/c1-4-12-19-10(3)13-9(2)14(24-17(13)21-12)16(23)20-11-7-5-6-8-18-15(11)22/h11H,4-8H2,1-3H3,(H,18,22)(H,20,23)/t11-/m0/s1. The van der Waals surface area contributed by atoms with Gasteiger partial charge in [-0.05, 0) is 38.7 Å². The van der Waals surface area contributed by atoms with Crippen molar-refractivity contribution in [1.82, 2.24) is 20.6 Å². The number of thiophene rings is 1. The number of nitrogens with zero attached hydrogens (tertiary/aromatic N) is 2. The highest BCUT2D eigenvalue weighted by Crippen LogP contribution is 2.31. The van der Waals surface area contributed by atoms with Crippen LogP contribution in [0, 0.1) is 13.8 Å². The van der Waals surface area contributed by atoms with Crippen molar-refractivity contribution in [3.8, 4) is 0 Å². The van der Waals surface area contributed by atoms with Gasteiger partial charge >= 0.3 is 0 Å². The molecule has 1 atom stereocenters. The highest BCUT2D eigenvalue weighted by atomic mass is 32.1. The van der Waals surface area contributed by atoms with Crippen molar-refractivity contribution in [2.75, 3.05) is 6.54 Å². The zero-order valence-corrected chi connectivity index (χ0v) is 15.0. The molecule has 0 radical (unpaired) electrons. The Labute approximate surface area is 145 Å². The zero-order valence-electron chi connectivity index (χ0n) is 14.2. The van der Waals surface area contributed by atoms with Gasteiger partial charge in [-0.15, -0.1) is 11.3 Å². The van der Waals surface area contributed by atoms with Gasteiger partial charge in [0.2, 0.25) is 5.91 Å². The Hall–Kier alpha value is -2.02. The van der Waals surface area contributed by atoms with Gasteiger partial charge in [-0.3, -0.25) is 9.59 Å². The van der Waals surface area contributed by atoms with Crippen LogP contribution in [0.3, 0.4) is 0 Å². The number of hydrogen-bond donors (Lipinski definition) is 2. The van der Waals surface area contributed by atoms with Crippen molar-refractivity contribution in [3.63, 3.8) is 0 Å². The van der Waals surface area contributed by atoms with Crippen LogP contribution in [0.4, 0.5) is 0 Å². The molecule has 3 heterocycles. The number of amides is 2. The summed E-state index contributed by atoms with van der Waals surface area (Å²) in [5, 5.41) is 6.68. The van der Waals surface area contributed by atoms with Crippen molar-refractivity contribution in [2.24, 2.45) is 0 Å². The van der Waals surface area contributed by atoms with E-state index < -0.39 is 6.04 Å². The van der Waals surface area contributed by atoms with E-state index in [1.165, 1.54) is 11.3 Å². The lowest BCUT2D eigenvalue weighted by molar-refractivity contribution is -0.122. The maximum atomic E-state index is 12.7. The third kappa shape index (κ3) is 3.13. The first kappa shape index (κ1) is 16.8. The summed E-state index contributed by atoms with van der Waals surface area (Å²) in [6.45, 7) is 6.56. The van der Waals surface area contributed by atoms with Gasteiger partial charge in [0.05, 0.1) is 4.88 Å². The predicted octanol–water partition coefficient (Wildman–Crippen LogP) is 2.27. The Balaban J connectivity index is 1.91. The van der Waals surface area contributed by atoms with Gasteiger partial charge in [0.1, 0.15) is 16.7 Å². The minimum absolute atomic E-state index is 0.0937. The first-order valence-corrected chi connectivity index (χ1v) is 9.18. The molecule has 2 N–H and O–H groups in total. The molecular formula is C17H22N4O2S. The average Bonchev–Trinajstić information content (AvgIpc) is 2.76. The molecule has 128 valence electrons. The fourth-order valence-corrected chi connectivity index (χ4v) is 4.22. The number of rotatable bonds is 3. The minimum atomic E-state index is -0.456. The van der Waals surface area contributed by atoms with E-state index in [2.05, 4.69) is 20.6 Å². The number of carbonyl (C=O) groups is 2. The topological polar surface area (TPSA) is 84.0 Å². The van der Waals surface area contributed by atoms with Gasteiger partial charge in [-0.1, -0.05) is 6.92 Å². The molecule has 2 amide bonds. The molecule has 6 nitrogen and oxygen atoms in total. The quantitative estimate of drug-likeness (QED) is 0.893. The Morgan fingerprint density at radius 3 is 2.88 bits per heavy atom. The number of aryl methyl sites for hydroxylation is 3. The van der Waals surface area contributed by atoms with Crippen LogP contribution in [0.5, 0.6) is 0 Å². The zero-order chi connectivity index (χ0) is 17.3. The molecule has 2 aromatic heterocycles. The summed E-state index contributed by atoms with van der Waals surface area (Å²) >= 11 is 1.38. The fraction of sp³-hybridized carbons (Fsp3) is 0.529. The van der Waals surface area contributed by atoms with Crippen LogP contribution in [0.2, 0.25) is 0 Å².